The maximum Gasteiger partial charge on any atom is 0.278 e. The summed E-state index contributed by atoms with van der Waals surface area (Å²) in [7, 11) is 4.50. The van der Waals surface area contributed by atoms with Crippen molar-refractivity contribution in [3.63, 3.8) is 0 Å². The second kappa shape index (κ2) is 14.7. The van der Waals surface area contributed by atoms with Crippen molar-refractivity contribution in [2.24, 2.45) is 5.10 Å². The molecule has 2 N–H and O–H groups in total. The Bertz CT molecular complexity index is 1420. The Hall–Kier alpha value is -5.15. The standard InChI is InChI=1S/C28H29N5O7/c1-18-11-20(15-36-2)21(13-29)28(31-18)40-17-27(35)33-30-14-19-9-10-24(25(12-19)38-4)39-16-26(34)32-22-7-5-6-8-23(22)37-3/h5-12,14H,15-17H2,1-4H3,(H,32,34)(H,33,35)/b30-14+. The molecule has 208 valence electrons. The highest BCUT2D eigenvalue weighted by atomic mass is 16.5. The van der Waals surface area contributed by atoms with Crippen LogP contribution in [0.4, 0.5) is 5.69 Å². The maximum atomic E-state index is 12.3. The largest absolute Gasteiger partial charge is 0.495 e. The molecule has 0 atom stereocenters. The van der Waals surface area contributed by atoms with Gasteiger partial charge >= 0.3 is 0 Å². The van der Waals surface area contributed by atoms with Crippen LogP contribution in [-0.2, 0) is 20.9 Å². The summed E-state index contributed by atoms with van der Waals surface area (Å²) in [5.74, 6) is 0.366. The van der Waals surface area contributed by atoms with Crippen LogP contribution >= 0.6 is 0 Å². The Kier molecular flexibility index (Phi) is 10.8. The van der Waals surface area contributed by atoms with E-state index in [1.807, 2.05) is 6.07 Å². The first-order valence-corrected chi connectivity index (χ1v) is 12.0. The van der Waals surface area contributed by atoms with Crippen LogP contribution in [-0.4, -0.2) is 57.6 Å². The Morgan fingerprint density at radius 1 is 0.975 bits per heavy atom. The first-order chi connectivity index (χ1) is 19.4. The molecule has 0 saturated heterocycles. The Morgan fingerprint density at radius 3 is 2.45 bits per heavy atom. The molecule has 12 heteroatoms. The number of benzene rings is 2. The number of hydrazone groups is 1. The van der Waals surface area contributed by atoms with Crippen LogP contribution in [0.3, 0.4) is 0 Å². The molecule has 0 aliphatic carbocycles. The van der Waals surface area contributed by atoms with E-state index in [0.29, 0.717) is 39.8 Å². The quantitative estimate of drug-likeness (QED) is 0.243. The number of ether oxygens (including phenoxy) is 5. The van der Waals surface area contributed by atoms with E-state index in [4.69, 9.17) is 23.7 Å². The minimum absolute atomic E-state index is 0.0468. The molecule has 0 bridgehead atoms. The molecular weight excluding hydrogens is 518 g/mol. The highest BCUT2D eigenvalue weighted by Gasteiger charge is 2.14. The zero-order chi connectivity index (χ0) is 28.9. The van der Waals surface area contributed by atoms with Gasteiger partial charge in [-0.1, -0.05) is 12.1 Å². The minimum atomic E-state index is -0.551. The van der Waals surface area contributed by atoms with Gasteiger partial charge in [0.05, 0.1) is 32.7 Å². The molecule has 0 radical (unpaired) electrons. The van der Waals surface area contributed by atoms with Gasteiger partial charge in [0.15, 0.2) is 24.7 Å². The maximum absolute atomic E-state index is 12.3. The molecule has 0 saturated carbocycles. The van der Waals surface area contributed by atoms with Crippen LogP contribution in [0.2, 0.25) is 0 Å². The minimum Gasteiger partial charge on any atom is -0.495 e. The lowest BCUT2D eigenvalue weighted by Crippen LogP contribution is -2.25. The molecule has 2 aromatic carbocycles. The average molecular weight is 548 g/mol. The fourth-order valence-corrected chi connectivity index (χ4v) is 3.51. The van der Waals surface area contributed by atoms with E-state index in [0.717, 1.165) is 0 Å². The summed E-state index contributed by atoms with van der Waals surface area (Å²) in [5, 5.41) is 16.1. The first kappa shape index (κ1) is 29.4. The number of methoxy groups -OCH3 is 3. The number of nitrogens with one attached hydrogen (secondary N) is 2. The summed E-state index contributed by atoms with van der Waals surface area (Å²) in [6.45, 7) is 1.30. The molecule has 3 rings (SSSR count). The molecule has 0 aliphatic rings. The van der Waals surface area contributed by atoms with E-state index in [9.17, 15) is 14.9 Å². The van der Waals surface area contributed by atoms with Gasteiger partial charge in [-0.25, -0.2) is 10.4 Å². The van der Waals surface area contributed by atoms with Gasteiger partial charge in [0.2, 0.25) is 5.88 Å². The van der Waals surface area contributed by atoms with Gasteiger partial charge in [-0.2, -0.15) is 10.4 Å². The molecule has 0 unspecified atom stereocenters. The Labute approximate surface area is 231 Å². The van der Waals surface area contributed by atoms with Crippen molar-refractivity contribution in [1.29, 1.82) is 5.26 Å². The monoisotopic (exact) mass is 547 g/mol. The molecular formula is C28H29N5O7. The van der Waals surface area contributed by atoms with Gasteiger partial charge in [-0.3, -0.25) is 9.59 Å². The van der Waals surface area contributed by atoms with Crippen LogP contribution < -0.4 is 29.7 Å². The van der Waals surface area contributed by atoms with Gasteiger partial charge in [-0.15, -0.1) is 0 Å². The van der Waals surface area contributed by atoms with Crippen molar-refractivity contribution < 1.29 is 33.3 Å². The van der Waals surface area contributed by atoms with E-state index in [2.05, 4.69) is 20.8 Å². The number of hydrogen-bond donors (Lipinski definition) is 2. The van der Waals surface area contributed by atoms with E-state index in [1.54, 1.807) is 55.5 Å². The lowest BCUT2D eigenvalue weighted by molar-refractivity contribution is -0.123. The second-order valence-corrected chi connectivity index (χ2v) is 8.18. The van der Waals surface area contributed by atoms with Gasteiger partial charge in [0, 0.05) is 18.4 Å². The number of pyridine rings is 1. The van der Waals surface area contributed by atoms with Crippen molar-refractivity contribution in [2.45, 2.75) is 13.5 Å². The molecule has 12 nitrogen and oxygen atoms in total. The number of anilines is 1. The number of aryl methyl sites for hydroxylation is 1. The molecule has 0 aliphatic heterocycles. The van der Waals surface area contributed by atoms with Crippen molar-refractivity contribution in [2.75, 3.05) is 39.9 Å². The summed E-state index contributed by atoms with van der Waals surface area (Å²) in [5.41, 5.74) is 4.92. The number of carbonyl (C=O) groups is 2. The third kappa shape index (κ3) is 8.17. The number of para-hydroxylation sites is 2. The van der Waals surface area contributed by atoms with Crippen molar-refractivity contribution >= 4 is 23.7 Å². The lowest BCUT2D eigenvalue weighted by Gasteiger charge is -2.12. The predicted molar refractivity (Wildman–Crippen MR) is 146 cm³/mol. The van der Waals surface area contributed by atoms with Crippen molar-refractivity contribution in [3.8, 4) is 29.2 Å². The van der Waals surface area contributed by atoms with Crippen LogP contribution in [0.15, 0.2) is 53.6 Å². The third-order valence-electron chi connectivity index (χ3n) is 5.28. The fourth-order valence-electron chi connectivity index (χ4n) is 3.51. The van der Waals surface area contributed by atoms with E-state index >= 15 is 0 Å². The lowest BCUT2D eigenvalue weighted by atomic mass is 10.1. The normalized spacial score (nSPS) is 10.5. The van der Waals surface area contributed by atoms with Crippen LogP contribution in [0.25, 0.3) is 0 Å². The van der Waals surface area contributed by atoms with Crippen LogP contribution in [0, 0.1) is 18.3 Å². The fraction of sp³-hybridized carbons (Fsp3) is 0.250. The summed E-state index contributed by atoms with van der Waals surface area (Å²) in [6, 6.07) is 15.7. The van der Waals surface area contributed by atoms with Crippen molar-refractivity contribution in [3.05, 3.63) is 70.9 Å². The second-order valence-electron chi connectivity index (χ2n) is 8.18. The van der Waals surface area contributed by atoms with E-state index in [-0.39, 0.29) is 30.6 Å². The number of nitrogens with zero attached hydrogens (tertiary/aromatic N) is 3. The topological polar surface area (TPSA) is 153 Å². The van der Waals surface area contributed by atoms with Gasteiger partial charge in [0.25, 0.3) is 11.8 Å². The molecule has 0 fully saturated rings. The summed E-state index contributed by atoms with van der Waals surface area (Å²) >= 11 is 0. The number of hydrogen-bond acceptors (Lipinski definition) is 10. The molecule has 1 heterocycles. The first-order valence-electron chi connectivity index (χ1n) is 12.0. The number of carbonyl (C=O) groups excluding carboxylic acids is 2. The van der Waals surface area contributed by atoms with Crippen molar-refractivity contribution in [1.82, 2.24) is 10.4 Å². The third-order valence-corrected chi connectivity index (χ3v) is 5.28. The Balaban J connectivity index is 1.54. The molecule has 3 aromatic rings. The zero-order valence-corrected chi connectivity index (χ0v) is 22.5. The van der Waals surface area contributed by atoms with E-state index < -0.39 is 12.5 Å². The summed E-state index contributed by atoms with van der Waals surface area (Å²) in [6.07, 6.45) is 1.40. The summed E-state index contributed by atoms with van der Waals surface area (Å²) < 4.78 is 26.8. The molecule has 1 aromatic heterocycles. The SMILES string of the molecule is COCc1cc(C)nc(OCC(=O)N/N=C/c2ccc(OCC(=O)Nc3ccccc3OC)c(OC)c2)c1C#N. The number of rotatable bonds is 13. The van der Waals surface area contributed by atoms with E-state index in [1.165, 1.54) is 27.5 Å². The van der Waals surface area contributed by atoms with Crippen LogP contribution in [0.5, 0.6) is 23.1 Å². The smallest absolute Gasteiger partial charge is 0.278 e. The molecule has 0 spiro atoms. The summed E-state index contributed by atoms with van der Waals surface area (Å²) in [4.78, 5) is 28.8. The van der Waals surface area contributed by atoms with Gasteiger partial charge in [0.1, 0.15) is 17.4 Å². The molecule has 2 amide bonds. The molecule has 40 heavy (non-hydrogen) atoms. The number of aromatic nitrogens is 1. The number of amides is 2. The van der Waals surface area contributed by atoms with Gasteiger partial charge in [-0.05, 0) is 48.9 Å². The Morgan fingerprint density at radius 2 is 1.73 bits per heavy atom. The zero-order valence-electron chi connectivity index (χ0n) is 22.5. The van der Waals surface area contributed by atoms with Gasteiger partial charge < -0.3 is 29.0 Å². The highest BCUT2D eigenvalue weighted by molar-refractivity contribution is 5.93. The number of nitriles is 1. The van der Waals surface area contributed by atoms with Crippen LogP contribution in [0.1, 0.15) is 22.4 Å². The predicted octanol–water partition coefficient (Wildman–Crippen LogP) is 2.97. The highest BCUT2D eigenvalue weighted by Crippen LogP contribution is 2.28. The average Bonchev–Trinajstić information content (AvgIpc) is 2.95.